The smallest absolute Gasteiger partial charge is 0.326 e. The minimum Gasteiger partial charge on any atom is -0.421 e. The summed E-state index contributed by atoms with van der Waals surface area (Å²) in [5, 5.41) is 10.8. The maximum atomic E-state index is 15.3. The number of piperazine rings is 1. The van der Waals surface area contributed by atoms with E-state index in [9.17, 15) is 4.39 Å². The third kappa shape index (κ3) is 5.66. The van der Waals surface area contributed by atoms with E-state index in [4.69, 9.17) is 4.74 Å². The number of likely N-dealkylation sites (N-methyl/N-ethyl adjacent to an activating group) is 1. The Morgan fingerprint density at radius 2 is 1.85 bits per heavy atom. The average molecular weight is 538 g/mol. The molecule has 0 bridgehead atoms. The number of halogens is 2. The highest BCUT2D eigenvalue weighted by Gasteiger charge is 2.26. The summed E-state index contributed by atoms with van der Waals surface area (Å²) in [4.78, 5) is 18.7. The van der Waals surface area contributed by atoms with Crippen LogP contribution in [-0.4, -0.2) is 88.3 Å². The number of hydrogen-bond donors (Lipinski definition) is 3. The predicted octanol–water partition coefficient (Wildman–Crippen LogP) is 4.36. The number of aryl methyl sites for hydroxylation is 1. The van der Waals surface area contributed by atoms with Crippen molar-refractivity contribution >= 4 is 28.4 Å². The van der Waals surface area contributed by atoms with E-state index in [2.05, 4.69) is 59.3 Å². The summed E-state index contributed by atoms with van der Waals surface area (Å²) in [6, 6.07) is 6.31. The van der Waals surface area contributed by atoms with Crippen molar-refractivity contribution in [2.75, 3.05) is 63.6 Å². The van der Waals surface area contributed by atoms with Crippen molar-refractivity contribution in [1.29, 1.82) is 0 Å². The van der Waals surface area contributed by atoms with E-state index in [-0.39, 0.29) is 22.7 Å². The van der Waals surface area contributed by atoms with Gasteiger partial charge in [-0.05, 0) is 39.9 Å². The number of H-pyrrole nitrogens is 2. The number of ether oxygens (including phenoxy) is 1. The van der Waals surface area contributed by atoms with Gasteiger partial charge in [0.15, 0.2) is 23.2 Å². The van der Waals surface area contributed by atoms with Crippen LogP contribution in [0.1, 0.15) is 30.1 Å². The number of hydrogen-bond acceptors (Lipinski definition) is 8. The van der Waals surface area contributed by atoms with Gasteiger partial charge in [0, 0.05) is 80.2 Å². The van der Waals surface area contributed by atoms with Crippen LogP contribution in [0.3, 0.4) is 0 Å². The van der Waals surface area contributed by atoms with Gasteiger partial charge < -0.3 is 24.8 Å². The topological polar surface area (TPSA) is 101 Å². The highest BCUT2D eigenvalue weighted by atomic mass is 19.1. The zero-order chi connectivity index (χ0) is 27.1. The van der Waals surface area contributed by atoms with Gasteiger partial charge in [-0.2, -0.15) is 15.1 Å². The lowest BCUT2D eigenvalue weighted by molar-refractivity contribution is 0.229. The summed E-state index contributed by atoms with van der Waals surface area (Å²) in [6.45, 7) is 7.08. The van der Waals surface area contributed by atoms with Gasteiger partial charge in [-0.1, -0.05) is 0 Å². The van der Waals surface area contributed by atoms with Crippen LogP contribution in [0.2, 0.25) is 0 Å². The Bertz CT molecular complexity index is 1470. The number of aromatic amines is 2. The number of benzene rings is 1. The van der Waals surface area contributed by atoms with Crippen LogP contribution in [0.15, 0.2) is 24.3 Å². The Hall–Kier alpha value is -3.77. The minimum absolute atomic E-state index is 0.0760. The fourth-order valence-electron chi connectivity index (χ4n) is 4.87. The molecule has 39 heavy (non-hydrogen) atoms. The first-order chi connectivity index (χ1) is 18.8. The maximum Gasteiger partial charge on any atom is 0.326 e. The molecule has 4 aromatic rings. The highest BCUT2D eigenvalue weighted by Crippen LogP contribution is 2.40. The SMILES string of the molecule is Cc1cc2c(F)c(Oc3nc(Nc4cc(C5CC5)[nH]n4)cc(N4CCN(CCN(C)C)CC4)n3)cc(F)c2[nH]1. The molecule has 1 aromatic carbocycles. The average Bonchev–Trinajstić information content (AvgIpc) is 3.53. The quantitative estimate of drug-likeness (QED) is 0.290. The summed E-state index contributed by atoms with van der Waals surface area (Å²) < 4.78 is 35.8. The molecule has 1 saturated carbocycles. The van der Waals surface area contributed by atoms with Gasteiger partial charge in [0.25, 0.3) is 0 Å². The Labute approximate surface area is 225 Å². The van der Waals surface area contributed by atoms with Crippen LogP contribution in [-0.2, 0) is 0 Å². The van der Waals surface area contributed by atoms with Crippen molar-refractivity contribution in [1.82, 2.24) is 34.9 Å². The van der Waals surface area contributed by atoms with Crippen LogP contribution < -0.4 is 15.0 Å². The monoisotopic (exact) mass is 537 g/mol. The number of nitrogens with zero attached hydrogens (tertiary/aromatic N) is 6. The van der Waals surface area contributed by atoms with Crippen LogP contribution in [0.25, 0.3) is 10.9 Å². The third-order valence-corrected chi connectivity index (χ3v) is 7.23. The number of anilines is 3. The molecule has 1 aliphatic carbocycles. The second-order valence-electron chi connectivity index (χ2n) is 10.6. The first-order valence-corrected chi connectivity index (χ1v) is 13.3. The number of nitrogens with one attached hydrogen (secondary N) is 3. The lowest BCUT2D eigenvalue weighted by Crippen LogP contribution is -2.48. The van der Waals surface area contributed by atoms with Crippen LogP contribution in [0.4, 0.5) is 26.2 Å². The van der Waals surface area contributed by atoms with Gasteiger partial charge in [-0.3, -0.25) is 10.00 Å². The molecule has 1 saturated heterocycles. The zero-order valence-electron chi connectivity index (χ0n) is 22.4. The van der Waals surface area contributed by atoms with E-state index in [0.717, 1.165) is 63.9 Å². The fraction of sp³-hybridized carbons (Fsp3) is 0.444. The Kier molecular flexibility index (Phi) is 6.81. The van der Waals surface area contributed by atoms with Crippen LogP contribution >= 0.6 is 0 Å². The first kappa shape index (κ1) is 25.5. The van der Waals surface area contributed by atoms with Crippen LogP contribution in [0.5, 0.6) is 11.8 Å². The molecule has 10 nitrogen and oxygen atoms in total. The number of aromatic nitrogens is 5. The summed E-state index contributed by atoms with van der Waals surface area (Å²) in [5.41, 5.74) is 1.84. The summed E-state index contributed by atoms with van der Waals surface area (Å²) >= 11 is 0. The van der Waals surface area contributed by atoms with Gasteiger partial charge in [0.1, 0.15) is 11.6 Å². The van der Waals surface area contributed by atoms with E-state index in [1.807, 2.05) is 12.1 Å². The van der Waals surface area contributed by atoms with Gasteiger partial charge in [0.05, 0.1) is 5.52 Å². The van der Waals surface area contributed by atoms with Crippen molar-refractivity contribution in [2.45, 2.75) is 25.7 Å². The number of rotatable bonds is 9. The first-order valence-electron chi connectivity index (χ1n) is 13.3. The van der Waals surface area contributed by atoms with Gasteiger partial charge in [-0.25, -0.2) is 8.78 Å². The predicted molar refractivity (Wildman–Crippen MR) is 146 cm³/mol. The Morgan fingerprint density at radius 1 is 1.05 bits per heavy atom. The minimum atomic E-state index is -0.671. The van der Waals surface area contributed by atoms with Gasteiger partial charge in [0.2, 0.25) is 0 Å². The molecule has 3 aromatic heterocycles. The van der Waals surface area contributed by atoms with Gasteiger partial charge in [-0.15, -0.1) is 0 Å². The van der Waals surface area contributed by atoms with Crippen molar-refractivity contribution in [3.05, 3.63) is 47.3 Å². The molecular weight excluding hydrogens is 504 g/mol. The molecule has 2 aliphatic rings. The molecule has 2 fully saturated rings. The van der Waals surface area contributed by atoms with Crippen LogP contribution in [0, 0.1) is 18.6 Å². The van der Waals surface area contributed by atoms with E-state index in [1.165, 1.54) is 0 Å². The molecule has 1 aliphatic heterocycles. The summed E-state index contributed by atoms with van der Waals surface area (Å²) in [6.07, 6.45) is 2.32. The third-order valence-electron chi connectivity index (χ3n) is 7.23. The number of fused-ring (bicyclic) bond motifs is 1. The molecule has 206 valence electrons. The van der Waals surface area contributed by atoms with Crippen molar-refractivity contribution in [2.24, 2.45) is 0 Å². The van der Waals surface area contributed by atoms with E-state index in [0.29, 0.717) is 29.1 Å². The molecule has 0 amide bonds. The second kappa shape index (κ2) is 10.4. The molecule has 3 N–H and O–H groups in total. The lowest BCUT2D eigenvalue weighted by atomic mass is 10.2. The molecule has 4 heterocycles. The van der Waals surface area contributed by atoms with Crippen molar-refractivity contribution in [3.63, 3.8) is 0 Å². The zero-order valence-corrected chi connectivity index (χ0v) is 22.4. The fourth-order valence-corrected chi connectivity index (χ4v) is 4.87. The standard InChI is InChI=1S/C27H33F2N9O/c1-16-12-18-25(29)21(13-19(28)26(18)30-16)39-27-32-22(31-23-14-20(34-35-23)17-4-5-17)15-24(33-27)38-10-8-37(9-11-38)7-6-36(2)3/h12-15,17,30H,4-11H2,1-3H3,(H2,31,32,33,34,35). The normalized spacial score (nSPS) is 16.4. The molecule has 12 heteroatoms. The van der Waals surface area contributed by atoms with E-state index in [1.54, 1.807) is 13.0 Å². The van der Waals surface area contributed by atoms with Crippen molar-refractivity contribution in [3.8, 4) is 11.8 Å². The largest absolute Gasteiger partial charge is 0.421 e. The molecule has 0 radical (unpaired) electrons. The Balaban J connectivity index is 1.28. The molecular formula is C27H33F2N9O. The van der Waals surface area contributed by atoms with Crippen molar-refractivity contribution < 1.29 is 13.5 Å². The van der Waals surface area contributed by atoms with E-state index >= 15 is 4.39 Å². The molecule has 0 spiro atoms. The molecule has 0 unspecified atom stereocenters. The molecule has 6 rings (SSSR count). The molecule has 0 atom stereocenters. The highest BCUT2D eigenvalue weighted by molar-refractivity contribution is 5.83. The maximum absolute atomic E-state index is 15.3. The van der Waals surface area contributed by atoms with E-state index < -0.39 is 11.6 Å². The summed E-state index contributed by atoms with van der Waals surface area (Å²) in [5.74, 6) is 0.706. The second-order valence-corrected chi connectivity index (χ2v) is 10.6. The van der Waals surface area contributed by atoms with Gasteiger partial charge >= 0.3 is 6.01 Å². The lowest BCUT2D eigenvalue weighted by Gasteiger charge is -2.35. The Morgan fingerprint density at radius 3 is 2.59 bits per heavy atom. The summed E-state index contributed by atoms with van der Waals surface area (Å²) in [7, 11) is 4.15.